The number of carbonyl (C=O) groups is 1. The Balaban J connectivity index is 2.20. The average molecular weight is 309 g/mol. The minimum Gasteiger partial charge on any atom is -0.507 e. The van der Waals surface area contributed by atoms with Gasteiger partial charge in [0.15, 0.2) is 0 Å². The van der Waals surface area contributed by atoms with E-state index in [9.17, 15) is 9.90 Å². The number of hydrogen-bond acceptors (Lipinski definition) is 4. The Hall–Kier alpha value is -3.00. The van der Waals surface area contributed by atoms with Crippen LogP contribution in [0.2, 0.25) is 0 Å². The summed E-state index contributed by atoms with van der Waals surface area (Å²) in [4.78, 5) is 11.9. The molecule has 2 aromatic rings. The van der Waals surface area contributed by atoms with E-state index in [1.54, 1.807) is 18.2 Å². The molecule has 1 amide bonds. The van der Waals surface area contributed by atoms with E-state index in [1.165, 1.54) is 6.20 Å². The Morgan fingerprint density at radius 2 is 2.00 bits per heavy atom. The predicted octanol–water partition coefficient (Wildman–Crippen LogP) is 3.28. The van der Waals surface area contributed by atoms with E-state index in [1.807, 2.05) is 31.2 Å². The van der Waals surface area contributed by atoms with Crippen molar-refractivity contribution < 1.29 is 9.90 Å². The molecule has 0 fully saturated rings. The number of aromatic hydroxyl groups is 1. The average Bonchev–Trinajstić information content (AvgIpc) is 2.56. The third-order valence-corrected chi connectivity index (χ3v) is 3.45. The van der Waals surface area contributed by atoms with Gasteiger partial charge in [-0.1, -0.05) is 37.6 Å². The maximum Gasteiger partial charge on any atom is 0.263 e. The lowest BCUT2D eigenvalue weighted by atomic mass is 10.1. The van der Waals surface area contributed by atoms with E-state index in [-0.39, 0.29) is 11.3 Å². The van der Waals surface area contributed by atoms with E-state index in [2.05, 4.69) is 10.6 Å². The van der Waals surface area contributed by atoms with Crippen LogP contribution in [-0.4, -0.2) is 17.6 Å². The fraction of sp³-hybridized carbons (Fsp3) is 0.222. The van der Waals surface area contributed by atoms with Crippen molar-refractivity contribution in [3.05, 3.63) is 48.2 Å². The molecule has 118 valence electrons. The molecule has 23 heavy (non-hydrogen) atoms. The predicted molar refractivity (Wildman–Crippen MR) is 90.8 cm³/mol. The van der Waals surface area contributed by atoms with Crippen molar-refractivity contribution in [2.45, 2.75) is 19.8 Å². The molecule has 0 atom stereocenters. The van der Waals surface area contributed by atoms with E-state index in [0.717, 1.165) is 18.2 Å². The first-order valence-corrected chi connectivity index (χ1v) is 7.53. The first-order chi connectivity index (χ1) is 11.2. The summed E-state index contributed by atoms with van der Waals surface area (Å²) in [6, 6.07) is 12.5. The summed E-state index contributed by atoms with van der Waals surface area (Å²) in [5, 5.41) is 26.2. The lowest BCUT2D eigenvalue weighted by Gasteiger charge is -2.08. The Labute approximate surface area is 135 Å². The summed E-state index contributed by atoms with van der Waals surface area (Å²) in [5.74, 6) is -0.204. The van der Waals surface area contributed by atoms with Crippen molar-refractivity contribution in [2.75, 3.05) is 11.9 Å². The number of hydrogen-bond donors (Lipinski definition) is 3. The first kappa shape index (κ1) is 16.4. The number of phenols is 1. The molecule has 5 heteroatoms. The largest absolute Gasteiger partial charge is 0.507 e. The van der Waals surface area contributed by atoms with Gasteiger partial charge in [0.25, 0.3) is 5.91 Å². The van der Waals surface area contributed by atoms with Crippen LogP contribution < -0.4 is 10.6 Å². The van der Waals surface area contributed by atoms with E-state index < -0.39 is 5.91 Å². The zero-order chi connectivity index (χ0) is 16.7. The molecule has 0 bridgehead atoms. The van der Waals surface area contributed by atoms with E-state index >= 15 is 0 Å². The molecule has 0 saturated heterocycles. The van der Waals surface area contributed by atoms with Crippen molar-refractivity contribution in [2.24, 2.45) is 0 Å². The van der Waals surface area contributed by atoms with Crippen molar-refractivity contribution in [1.82, 2.24) is 5.32 Å². The molecule has 5 nitrogen and oxygen atoms in total. The van der Waals surface area contributed by atoms with E-state index in [4.69, 9.17) is 5.26 Å². The number of phenolic OH excluding ortho intramolecular Hbond substituents is 1. The van der Waals surface area contributed by atoms with Gasteiger partial charge in [-0.25, -0.2) is 0 Å². The van der Waals surface area contributed by atoms with Gasteiger partial charge < -0.3 is 15.7 Å². The summed E-state index contributed by atoms with van der Waals surface area (Å²) >= 11 is 0. The van der Waals surface area contributed by atoms with Crippen molar-refractivity contribution in [3.63, 3.8) is 0 Å². The smallest absolute Gasteiger partial charge is 0.263 e. The minimum absolute atomic E-state index is 0.0123. The van der Waals surface area contributed by atoms with Gasteiger partial charge in [0.05, 0.1) is 0 Å². The van der Waals surface area contributed by atoms with Gasteiger partial charge in [-0.05, 0) is 18.6 Å². The number of benzene rings is 2. The highest BCUT2D eigenvalue weighted by Crippen LogP contribution is 2.29. The normalized spacial score (nSPS) is 11.0. The van der Waals surface area contributed by atoms with Crippen LogP contribution in [0.5, 0.6) is 5.75 Å². The Bertz CT molecular complexity index is 775. The van der Waals surface area contributed by atoms with Gasteiger partial charge in [-0.15, -0.1) is 0 Å². The van der Waals surface area contributed by atoms with Gasteiger partial charge in [0.2, 0.25) is 0 Å². The second kappa shape index (κ2) is 7.85. The lowest BCUT2D eigenvalue weighted by Crippen LogP contribution is -2.25. The molecule has 2 rings (SSSR count). The first-order valence-electron chi connectivity index (χ1n) is 7.53. The molecule has 0 saturated carbocycles. The number of anilines is 1. The standard InChI is InChI=1S/C18H19N3O2/c1-2-3-10-20-18(23)13(11-19)12-21-16-8-4-7-15-14(16)6-5-9-17(15)22/h4-9,12,21-22H,2-3,10H2,1H3,(H,20,23)/b13-12-. The van der Waals surface area contributed by atoms with Crippen LogP contribution in [0.3, 0.4) is 0 Å². The molecule has 0 spiro atoms. The highest BCUT2D eigenvalue weighted by atomic mass is 16.3. The number of unbranched alkanes of at least 4 members (excludes halogenated alkanes) is 1. The zero-order valence-corrected chi connectivity index (χ0v) is 13.0. The molecule has 0 aliphatic rings. The highest BCUT2D eigenvalue weighted by molar-refractivity contribution is 6.00. The monoisotopic (exact) mass is 309 g/mol. The molecule has 3 N–H and O–H groups in total. The number of rotatable bonds is 6. The van der Waals surface area contributed by atoms with Crippen LogP contribution in [0.1, 0.15) is 19.8 Å². The van der Waals surface area contributed by atoms with Crippen LogP contribution in [0.25, 0.3) is 10.8 Å². The summed E-state index contributed by atoms with van der Waals surface area (Å²) in [6.45, 7) is 2.58. The molecule has 0 unspecified atom stereocenters. The fourth-order valence-electron chi connectivity index (χ4n) is 2.19. The third kappa shape index (κ3) is 4.01. The van der Waals surface area contributed by atoms with Crippen LogP contribution in [0.4, 0.5) is 5.69 Å². The summed E-state index contributed by atoms with van der Waals surface area (Å²) in [7, 11) is 0. The van der Waals surface area contributed by atoms with Gasteiger partial charge in [-0.2, -0.15) is 5.26 Å². The number of carbonyl (C=O) groups excluding carboxylic acids is 1. The maximum absolute atomic E-state index is 11.9. The van der Waals surface area contributed by atoms with Crippen LogP contribution >= 0.6 is 0 Å². The minimum atomic E-state index is -0.392. The van der Waals surface area contributed by atoms with Crippen molar-refractivity contribution >= 4 is 22.4 Å². The van der Waals surface area contributed by atoms with Gasteiger partial charge >= 0.3 is 0 Å². The van der Waals surface area contributed by atoms with Crippen molar-refractivity contribution in [3.8, 4) is 11.8 Å². The third-order valence-electron chi connectivity index (χ3n) is 3.45. The second-order valence-corrected chi connectivity index (χ2v) is 5.10. The highest BCUT2D eigenvalue weighted by Gasteiger charge is 2.08. The van der Waals surface area contributed by atoms with Crippen LogP contribution in [0, 0.1) is 11.3 Å². The number of amides is 1. The SMILES string of the molecule is CCCCNC(=O)/C(C#N)=C\Nc1cccc2c(O)cccc12. The van der Waals surface area contributed by atoms with Gasteiger partial charge in [0, 0.05) is 29.2 Å². The number of fused-ring (bicyclic) bond motifs is 1. The van der Waals surface area contributed by atoms with Crippen LogP contribution in [0.15, 0.2) is 48.2 Å². The molecule has 0 heterocycles. The summed E-state index contributed by atoms with van der Waals surface area (Å²) < 4.78 is 0. The number of nitrogens with one attached hydrogen (secondary N) is 2. The Kier molecular flexibility index (Phi) is 5.59. The molecule has 0 aliphatic carbocycles. The molecule has 0 radical (unpaired) electrons. The fourth-order valence-corrected chi connectivity index (χ4v) is 2.19. The summed E-state index contributed by atoms with van der Waals surface area (Å²) in [5.41, 5.74) is 0.728. The molecular weight excluding hydrogens is 290 g/mol. The number of nitrogens with zero attached hydrogens (tertiary/aromatic N) is 1. The van der Waals surface area contributed by atoms with Gasteiger partial charge in [0.1, 0.15) is 17.4 Å². The maximum atomic E-state index is 11.9. The quantitative estimate of drug-likeness (QED) is 0.434. The molecular formula is C18H19N3O2. The lowest BCUT2D eigenvalue weighted by molar-refractivity contribution is -0.117. The number of nitriles is 1. The summed E-state index contributed by atoms with van der Waals surface area (Å²) in [6.07, 6.45) is 3.24. The van der Waals surface area contributed by atoms with Crippen LogP contribution in [-0.2, 0) is 4.79 Å². The molecule has 0 aromatic heterocycles. The van der Waals surface area contributed by atoms with Gasteiger partial charge in [-0.3, -0.25) is 4.79 Å². The zero-order valence-electron chi connectivity index (χ0n) is 13.0. The topological polar surface area (TPSA) is 85.2 Å². The molecule has 0 aliphatic heterocycles. The van der Waals surface area contributed by atoms with Crippen molar-refractivity contribution in [1.29, 1.82) is 5.26 Å². The van der Waals surface area contributed by atoms with E-state index in [0.29, 0.717) is 17.6 Å². The Morgan fingerprint density at radius 1 is 1.26 bits per heavy atom. The molecule has 2 aromatic carbocycles. The second-order valence-electron chi connectivity index (χ2n) is 5.10. The Morgan fingerprint density at radius 3 is 2.74 bits per heavy atom.